The molecule has 0 unspecified atom stereocenters. The molecule has 0 spiro atoms. The highest BCUT2D eigenvalue weighted by Crippen LogP contribution is 2.25. The number of hydrogen-bond acceptors (Lipinski definition) is 3. The van der Waals surface area contributed by atoms with Crippen LogP contribution in [0.1, 0.15) is 25.1 Å². The van der Waals surface area contributed by atoms with Crippen molar-refractivity contribution in [3.63, 3.8) is 0 Å². The standard InChI is InChI=1S/C16H17ClFNO2/c1-10(2)6-15-16(20)7-11(8-19-15)21-9-12-13(17)4-3-5-14(12)18/h3-5,7-8,10,20H,6,9H2,1-2H3. The van der Waals surface area contributed by atoms with E-state index in [0.717, 1.165) is 0 Å². The summed E-state index contributed by atoms with van der Waals surface area (Å²) >= 11 is 5.92. The van der Waals surface area contributed by atoms with Gasteiger partial charge in [-0.25, -0.2) is 4.39 Å². The lowest BCUT2D eigenvalue weighted by Crippen LogP contribution is -2.02. The molecule has 1 heterocycles. The van der Waals surface area contributed by atoms with E-state index >= 15 is 0 Å². The molecule has 0 saturated heterocycles. The average molecular weight is 310 g/mol. The summed E-state index contributed by atoms with van der Waals surface area (Å²) in [6, 6.07) is 5.95. The number of aromatic hydroxyl groups is 1. The second-order valence-electron chi connectivity index (χ2n) is 5.22. The van der Waals surface area contributed by atoms with Crippen molar-refractivity contribution in [3.05, 3.63) is 52.6 Å². The maximum Gasteiger partial charge on any atom is 0.141 e. The molecule has 0 amide bonds. The van der Waals surface area contributed by atoms with Crippen LogP contribution in [0.4, 0.5) is 4.39 Å². The smallest absolute Gasteiger partial charge is 0.141 e. The Morgan fingerprint density at radius 1 is 1.38 bits per heavy atom. The van der Waals surface area contributed by atoms with E-state index < -0.39 is 5.82 Å². The Bertz CT molecular complexity index is 611. The van der Waals surface area contributed by atoms with Crippen LogP contribution < -0.4 is 4.74 Å². The van der Waals surface area contributed by atoms with Crippen LogP contribution in [0.3, 0.4) is 0 Å². The summed E-state index contributed by atoms with van der Waals surface area (Å²) in [5.74, 6) is 0.434. The average Bonchev–Trinajstić information content (AvgIpc) is 2.41. The maximum atomic E-state index is 13.6. The van der Waals surface area contributed by atoms with Crippen molar-refractivity contribution >= 4 is 11.6 Å². The second-order valence-corrected chi connectivity index (χ2v) is 5.63. The summed E-state index contributed by atoms with van der Waals surface area (Å²) < 4.78 is 19.1. The van der Waals surface area contributed by atoms with Gasteiger partial charge in [0.15, 0.2) is 0 Å². The van der Waals surface area contributed by atoms with Gasteiger partial charge in [0, 0.05) is 11.6 Å². The SMILES string of the molecule is CC(C)Cc1ncc(OCc2c(F)cccc2Cl)cc1O. The molecule has 0 fully saturated rings. The van der Waals surface area contributed by atoms with E-state index in [1.54, 1.807) is 6.07 Å². The fourth-order valence-corrected chi connectivity index (χ4v) is 2.13. The highest BCUT2D eigenvalue weighted by atomic mass is 35.5. The van der Waals surface area contributed by atoms with Crippen molar-refractivity contribution in [3.8, 4) is 11.5 Å². The monoisotopic (exact) mass is 309 g/mol. The van der Waals surface area contributed by atoms with Crippen LogP contribution in [0.25, 0.3) is 0 Å². The molecule has 0 aliphatic heterocycles. The van der Waals surface area contributed by atoms with Crippen LogP contribution in [-0.4, -0.2) is 10.1 Å². The Balaban J connectivity index is 2.09. The Kier molecular flexibility index (Phi) is 5.02. The van der Waals surface area contributed by atoms with Gasteiger partial charge in [-0.1, -0.05) is 31.5 Å². The van der Waals surface area contributed by atoms with Crippen molar-refractivity contribution in [2.24, 2.45) is 5.92 Å². The zero-order valence-electron chi connectivity index (χ0n) is 11.9. The molecule has 0 atom stereocenters. The van der Waals surface area contributed by atoms with Crippen molar-refractivity contribution < 1.29 is 14.2 Å². The van der Waals surface area contributed by atoms with Gasteiger partial charge in [0.05, 0.1) is 16.9 Å². The molecule has 1 N–H and O–H groups in total. The van der Waals surface area contributed by atoms with Gasteiger partial charge in [-0.2, -0.15) is 0 Å². The summed E-state index contributed by atoms with van der Waals surface area (Å²) in [6.45, 7) is 4.08. The summed E-state index contributed by atoms with van der Waals surface area (Å²) in [5.41, 5.74) is 0.909. The van der Waals surface area contributed by atoms with Crippen molar-refractivity contribution in [2.75, 3.05) is 0 Å². The van der Waals surface area contributed by atoms with Gasteiger partial charge in [-0.15, -0.1) is 0 Å². The molecule has 112 valence electrons. The molecule has 3 nitrogen and oxygen atoms in total. The first-order chi connectivity index (χ1) is 9.97. The van der Waals surface area contributed by atoms with E-state index in [4.69, 9.17) is 16.3 Å². The number of pyridine rings is 1. The predicted molar refractivity (Wildman–Crippen MR) is 80.2 cm³/mol. The molecule has 0 saturated carbocycles. The molecule has 0 radical (unpaired) electrons. The zero-order chi connectivity index (χ0) is 15.4. The third kappa shape index (κ3) is 4.08. The molecule has 2 rings (SSSR count). The first kappa shape index (κ1) is 15.6. The topological polar surface area (TPSA) is 42.4 Å². The Morgan fingerprint density at radius 3 is 2.76 bits per heavy atom. The van der Waals surface area contributed by atoms with Gasteiger partial charge in [0.25, 0.3) is 0 Å². The van der Waals surface area contributed by atoms with Gasteiger partial charge in [-0.3, -0.25) is 4.98 Å². The van der Waals surface area contributed by atoms with Crippen molar-refractivity contribution in [2.45, 2.75) is 26.9 Å². The van der Waals surface area contributed by atoms with Crippen LogP contribution in [0.15, 0.2) is 30.5 Å². The van der Waals surface area contributed by atoms with Gasteiger partial charge in [0.2, 0.25) is 0 Å². The third-order valence-corrected chi connectivity index (χ3v) is 3.32. The fraction of sp³-hybridized carbons (Fsp3) is 0.312. The van der Waals surface area contributed by atoms with E-state index in [-0.39, 0.29) is 17.9 Å². The van der Waals surface area contributed by atoms with E-state index in [0.29, 0.717) is 28.8 Å². The number of ether oxygens (including phenoxy) is 1. The zero-order valence-corrected chi connectivity index (χ0v) is 12.7. The number of halogens is 2. The van der Waals surface area contributed by atoms with Crippen LogP contribution in [0, 0.1) is 11.7 Å². The largest absolute Gasteiger partial charge is 0.506 e. The third-order valence-electron chi connectivity index (χ3n) is 2.97. The molecular weight excluding hydrogens is 293 g/mol. The van der Waals surface area contributed by atoms with Gasteiger partial charge >= 0.3 is 0 Å². The first-order valence-corrected chi connectivity index (χ1v) is 7.08. The van der Waals surface area contributed by atoms with Crippen LogP contribution in [0.5, 0.6) is 11.5 Å². The molecule has 1 aromatic carbocycles. The van der Waals surface area contributed by atoms with E-state index in [1.807, 2.05) is 13.8 Å². The number of rotatable bonds is 5. The molecule has 1 aromatic heterocycles. The number of hydrogen-bond donors (Lipinski definition) is 1. The molecule has 0 bridgehead atoms. The molecule has 0 aliphatic rings. The minimum absolute atomic E-state index is 0.0177. The lowest BCUT2D eigenvalue weighted by molar-refractivity contribution is 0.296. The summed E-state index contributed by atoms with van der Waals surface area (Å²) in [5, 5.41) is 10.2. The number of nitrogens with zero attached hydrogens (tertiary/aromatic N) is 1. The predicted octanol–water partition coefficient (Wildman–Crippen LogP) is 4.36. The Morgan fingerprint density at radius 2 is 2.14 bits per heavy atom. The molecular formula is C16H17ClFNO2. The van der Waals surface area contributed by atoms with E-state index in [1.165, 1.54) is 24.4 Å². The van der Waals surface area contributed by atoms with Crippen LogP contribution in [0.2, 0.25) is 5.02 Å². The van der Waals surface area contributed by atoms with Gasteiger partial charge < -0.3 is 9.84 Å². The minimum Gasteiger partial charge on any atom is -0.506 e. The molecule has 0 aliphatic carbocycles. The Hall–Kier alpha value is -1.81. The van der Waals surface area contributed by atoms with E-state index in [2.05, 4.69) is 4.98 Å². The van der Waals surface area contributed by atoms with Gasteiger partial charge in [0.1, 0.15) is 23.9 Å². The summed E-state index contributed by atoms with van der Waals surface area (Å²) in [6.07, 6.45) is 2.21. The van der Waals surface area contributed by atoms with Crippen molar-refractivity contribution in [1.29, 1.82) is 0 Å². The number of benzene rings is 1. The maximum absolute atomic E-state index is 13.6. The lowest BCUT2D eigenvalue weighted by atomic mass is 10.1. The molecule has 5 heteroatoms. The lowest BCUT2D eigenvalue weighted by Gasteiger charge is -2.11. The van der Waals surface area contributed by atoms with Crippen LogP contribution in [-0.2, 0) is 13.0 Å². The normalized spacial score (nSPS) is 10.9. The second kappa shape index (κ2) is 6.76. The first-order valence-electron chi connectivity index (χ1n) is 6.71. The highest BCUT2D eigenvalue weighted by Gasteiger charge is 2.10. The minimum atomic E-state index is -0.420. The highest BCUT2D eigenvalue weighted by molar-refractivity contribution is 6.31. The molecule has 21 heavy (non-hydrogen) atoms. The summed E-state index contributed by atoms with van der Waals surface area (Å²) in [4.78, 5) is 4.17. The quantitative estimate of drug-likeness (QED) is 0.892. The van der Waals surface area contributed by atoms with Crippen LogP contribution >= 0.6 is 11.6 Å². The fourth-order valence-electron chi connectivity index (χ4n) is 1.91. The van der Waals surface area contributed by atoms with E-state index in [9.17, 15) is 9.50 Å². The van der Waals surface area contributed by atoms with Crippen molar-refractivity contribution in [1.82, 2.24) is 4.98 Å². The Labute approximate surface area is 128 Å². The summed E-state index contributed by atoms with van der Waals surface area (Å²) in [7, 11) is 0. The molecule has 2 aromatic rings. The van der Waals surface area contributed by atoms with Gasteiger partial charge in [-0.05, 0) is 24.5 Å². The number of aromatic nitrogens is 1.